The first-order valence-corrected chi connectivity index (χ1v) is 10.9. The highest BCUT2D eigenvalue weighted by Gasteiger charge is 2.62. The van der Waals surface area contributed by atoms with E-state index in [-0.39, 0.29) is 5.41 Å². The minimum absolute atomic E-state index is 0.0140. The lowest BCUT2D eigenvalue weighted by Gasteiger charge is -2.53. The Balaban J connectivity index is 1.52. The average molecular weight is 369 g/mol. The summed E-state index contributed by atoms with van der Waals surface area (Å²) in [6, 6.07) is 8.20. The number of aryl methyl sites for hydroxylation is 2. The fourth-order valence-electron chi connectivity index (χ4n) is 6.64. The SMILES string of the molecule is Cc1csc([C@]2(O)CC[C@H]3[C@@H]4CCc5cc(O)ccc5[C@H]4CC[C@@]32C)c1. The van der Waals surface area contributed by atoms with E-state index in [0.29, 0.717) is 23.5 Å². The second-order valence-corrected chi connectivity index (χ2v) is 10.1. The molecule has 2 saturated carbocycles. The summed E-state index contributed by atoms with van der Waals surface area (Å²) in [6.07, 6.45) is 6.54. The number of phenols is 1. The van der Waals surface area contributed by atoms with Gasteiger partial charge in [0.25, 0.3) is 0 Å². The Kier molecular flexibility index (Phi) is 3.62. The average Bonchev–Trinajstić information content (AvgIpc) is 3.17. The van der Waals surface area contributed by atoms with E-state index in [0.717, 1.165) is 32.1 Å². The molecule has 0 saturated heterocycles. The molecule has 138 valence electrons. The Labute approximate surface area is 159 Å². The molecule has 2 N–H and O–H groups in total. The third-order valence-corrected chi connectivity index (χ3v) is 9.20. The number of fused-ring (bicyclic) bond motifs is 5. The highest BCUT2D eigenvalue weighted by Crippen LogP contribution is 2.67. The van der Waals surface area contributed by atoms with E-state index in [2.05, 4.69) is 31.4 Å². The molecule has 0 bridgehead atoms. The zero-order valence-electron chi connectivity index (χ0n) is 15.7. The summed E-state index contributed by atoms with van der Waals surface area (Å²) < 4.78 is 0. The molecular weight excluding hydrogens is 340 g/mol. The summed E-state index contributed by atoms with van der Waals surface area (Å²) in [4.78, 5) is 1.18. The summed E-state index contributed by atoms with van der Waals surface area (Å²) in [5, 5.41) is 23.8. The maximum absolute atomic E-state index is 11.8. The van der Waals surface area contributed by atoms with Crippen LogP contribution in [0.15, 0.2) is 29.6 Å². The zero-order valence-corrected chi connectivity index (χ0v) is 16.5. The van der Waals surface area contributed by atoms with Crippen molar-refractivity contribution in [1.29, 1.82) is 0 Å². The molecule has 2 aromatic rings. The highest BCUT2D eigenvalue weighted by atomic mass is 32.1. The molecule has 5 rings (SSSR count). The van der Waals surface area contributed by atoms with E-state index in [1.54, 1.807) is 11.3 Å². The van der Waals surface area contributed by atoms with Gasteiger partial charge in [0.2, 0.25) is 0 Å². The van der Waals surface area contributed by atoms with Crippen molar-refractivity contribution in [2.75, 3.05) is 0 Å². The standard InChI is InChI=1S/C23H28O2S/c1-14-11-21(26-13-14)23(25)10-8-20-19-5-3-15-12-16(24)4-6-17(15)18(19)7-9-22(20,23)2/h4,6,11-13,18-20,24-25H,3,5,7-10H2,1-2H3/t18-,19-,20+,22+,23-/m1/s1. The molecule has 0 spiro atoms. The molecule has 26 heavy (non-hydrogen) atoms. The normalized spacial score (nSPS) is 38.5. The van der Waals surface area contributed by atoms with Crippen molar-refractivity contribution in [2.45, 2.75) is 63.9 Å². The van der Waals surface area contributed by atoms with E-state index in [1.807, 2.05) is 12.1 Å². The summed E-state index contributed by atoms with van der Waals surface area (Å²) in [5.74, 6) is 2.26. The van der Waals surface area contributed by atoms with E-state index in [9.17, 15) is 10.2 Å². The van der Waals surface area contributed by atoms with Crippen LogP contribution >= 0.6 is 11.3 Å². The molecule has 1 aromatic carbocycles. The van der Waals surface area contributed by atoms with Crippen LogP contribution in [0.5, 0.6) is 5.75 Å². The van der Waals surface area contributed by atoms with Crippen molar-refractivity contribution in [1.82, 2.24) is 0 Å². The first-order chi connectivity index (χ1) is 12.4. The Morgan fingerprint density at radius 2 is 1.96 bits per heavy atom. The number of rotatable bonds is 1. The van der Waals surface area contributed by atoms with E-state index >= 15 is 0 Å². The molecule has 2 nitrogen and oxygen atoms in total. The zero-order chi connectivity index (χ0) is 18.1. The molecule has 0 radical (unpaired) electrons. The molecule has 0 aliphatic heterocycles. The van der Waals surface area contributed by atoms with Crippen LogP contribution in [0.3, 0.4) is 0 Å². The van der Waals surface area contributed by atoms with Crippen molar-refractivity contribution in [3.05, 3.63) is 51.2 Å². The van der Waals surface area contributed by atoms with E-state index in [4.69, 9.17) is 0 Å². The topological polar surface area (TPSA) is 40.5 Å². The van der Waals surface area contributed by atoms with Gasteiger partial charge in [0.1, 0.15) is 11.4 Å². The number of hydrogen-bond donors (Lipinski definition) is 2. The maximum Gasteiger partial charge on any atom is 0.115 e. The van der Waals surface area contributed by atoms with Crippen LogP contribution in [0, 0.1) is 24.2 Å². The molecular formula is C23H28O2S. The highest BCUT2D eigenvalue weighted by molar-refractivity contribution is 7.10. The fourth-order valence-corrected chi connectivity index (χ4v) is 7.80. The van der Waals surface area contributed by atoms with Crippen molar-refractivity contribution in [3.63, 3.8) is 0 Å². The third-order valence-electron chi connectivity index (χ3n) is 8.00. The van der Waals surface area contributed by atoms with Crippen LogP contribution in [-0.4, -0.2) is 10.2 Å². The molecule has 3 aliphatic carbocycles. The van der Waals surface area contributed by atoms with Crippen molar-refractivity contribution < 1.29 is 10.2 Å². The lowest BCUT2D eigenvalue weighted by molar-refractivity contribution is -0.106. The van der Waals surface area contributed by atoms with Crippen molar-refractivity contribution in [2.24, 2.45) is 17.3 Å². The molecule has 5 atom stereocenters. The smallest absolute Gasteiger partial charge is 0.115 e. The number of thiophene rings is 1. The van der Waals surface area contributed by atoms with Gasteiger partial charge in [-0.2, -0.15) is 0 Å². The van der Waals surface area contributed by atoms with E-state index in [1.165, 1.54) is 28.0 Å². The lowest BCUT2D eigenvalue weighted by atomic mass is 9.53. The van der Waals surface area contributed by atoms with Crippen LogP contribution in [0.4, 0.5) is 0 Å². The summed E-state index contributed by atoms with van der Waals surface area (Å²) in [6.45, 7) is 4.49. The van der Waals surface area contributed by atoms with Gasteiger partial charge in [-0.3, -0.25) is 0 Å². The van der Waals surface area contributed by atoms with Gasteiger partial charge in [-0.25, -0.2) is 0 Å². The van der Waals surface area contributed by atoms with Gasteiger partial charge >= 0.3 is 0 Å². The Bertz CT molecular complexity index is 856. The molecule has 0 unspecified atom stereocenters. The molecule has 2 fully saturated rings. The Hall–Kier alpha value is -1.32. The van der Waals surface area contributed by atoms with Gasteiger partial charge in [0.05, 0.1) is 0 Å². The van der Waals surface area contributed by atoms with Crippen LogP contribution in [0.2, 0.25) is 0 Å². The summed E-state index contributed by atoms with van der Waals surface area (Å²) in [5.41, 5.74) is 3.41. The molecule has 1 aromatic heterocycles. The predicted octanol–water partition coefficient (Wildman–Crippen LogP) is 5.51. The second kappa shape index (κ2) is 5.59. The van der Waals surface area contributed by atoms with Gasteiger partial charge in [-0.05, 0) is 103 Å². The maximum atomic E-state index is 11.8. The van der Waals surface area contributed by atoms with Gasteiger partial charge < -0.3 is 10.2 Å². The van der Waals surface area contributed by atoms with Crippen LogP contribution in [0.25, 0.3) is 0 Å². The number of benzene rings is 1. The fraction of sp³-hybridized carbons (Fsp3) is 0.565. The Morgan fingerprint density at radius 1 is 1.12 bits per heavy atom. The van der Waals surface area contributed by atoms with Gasteiger partial charge in [-0.1, -0.05) is 13.0 Å². The minimum atomic E-state index is -0.656. The van der Waals surface area contributed by atoms with Crippen LogP contribution in [0.1, 0.15) is 66.5 Å². The first-order valence-electron chi connectivity index (χ1n) is 10.0. The predicted molar refractivity (Wildman–Crippen MR) is 106 cm³/mol. The van der Waals surface area contributed by atoms with Gasteiger partial charge in [0, 0.05) is 10.3 Å². The second-order valence-electron chi connectivity index (χ2n) is 9.14. The molecule has 3 heteroatoms. The van der Waals surface area contributed by atoms with Crippen LogP contribution in [-0.2, 0) is 12.0 Å². The number of aromatic hydroxyl groups is 1. The monoisotopic (exact) mass is 368 g/mol. The van der Waals surface area contributed by atoms with Gasteiger partial charge in [0.15, 0.2) is 0 Å². The van der Waals surface area contributed by atoms with Crippen LogP contribution < -0.4 is 0 Å². The first kappa shape index (κ1) is 16.8. The van der Waals surface area contributed by atoms with E-state index < -0.39 is 5.60 Å². The van der Waals surface area contributed by atoms with Crippen molar-refractivity contribution >= 4 is 11.3 Å². The Morgan fingerprint density at radius 3 is 2.73 bits per heavy atom. The number of hydrogen-bond acceptors (Lipinski definition) is 3. The molecule has 0 amide bonds. The van der Waals surface area contributed by atoms with Gasteiger partial charge in [-0.15, -0.1) is 11.3 Å². The summed E-state index contributed by atoms with van der Waals surface area (Å²) in [7, 11) is 0. The molecule has 1 heterocycles. The minimum Gasteiger partial charge on any atom is -0.508 e. The van der Waals surface area contributed by atoms with Crippen molar-refractivity contribution in [3.8, 4) is 5.75 Å². The lowest BCUT2D eigenvalue weighted by Crippen LogP contribution is -2.48. The summed E-state index contributed by atoms with van der Waals surface area (Å²) >= 11 is 1.74. The number of phenolic OH excluding ortho intramolecular Hbond substituents is 1. The number of aliphatic hydroxyl groups is 1. The largest absolute Gasteiger partial charge is 0.508 e. The third kappa shape index (κ3) is 2.13. The molecule has 3 aliphatic rings. The quantitative estimate of drug-likeness (QED) is 0.697.